The number of rotatable bonds is 7. The van der Waals surface area contributed by atoms with Crippen molar-refractivity contribution in [2.75, 3.05) is 7.05 Å². The predicted octanol–water partition coefficient (Wildman–Crippen LogP) is 10.9. The van der Waals surface area contributed by atoms with E-state index in [2.05, 4.69) is 142 Å². The quantitative estimate of drug-likeness (QED) is 0.230. The molecule has 0 spiro atoms. The van der Waals surface area contributed by atoms with Gasteiger partial charge >= 0.3 is 31.1 Å². The van der Waals surface area contributed by atoms with Gasteiger partial charge in [0.25, 0.3) is 0 Å². The molecule has 0 radical (unpaired) electrons. The van der Waals surface area contributed by atoms with Gasteiger partial charge in [-0.3, -0.25) is 0 Å². The second kappa shape index (κ2) is 17.9. The minimum Gasteiger partial charge on any atom is -0.668 e. The number of hydrogen-bond donors (Lipinski definition) is 0. The third kappa shape index (κ3) is 70.1. The van der Waals surface area contributed by atoms with Gasteiger partial charge in [0.05, 0.1) is 0 Å². The Labute approximate surface area is 250 Å². The Hall–Kier alpha value is 2.41. The maximum Gasteiger partial charge on any atom is 4.00 e. The van der Waals surface area contributed by atoms with Crippen molar-refractivity contribution in [2.24, 2.45) is 0 Å². The van der Waals surface area contributed by atoms with E-state index in [1.165, 1.54) is 0 Å². The Morgan fingerprint density at radius 1 is 0.265 bits per heavy atom. The van der Waals surface area contributed by atoms with Crippen LogP contribution in [0.1, 0.15) is 0 Å². The molecule has 206 valence electrons. The van der Waals surface area contributed by atoms with E-state index < -0.39 is 57.6 Å². The fraction of sp³-hybridized carbons (Fsp3) is 1.00. The largest absolute Gasteiger partial charge is 4.00 e. The van der Waals surface area contributed by atoms with Crippen LogP contribution in [0.15, 0.2) is 0 Å². The zero-order valence-corrected chi connectivity index (χ0v) is 39.0. The molecule has 0 atom stereocenters. The van der Waals surface area contributed by atoms with Crippen molar-refractivity contribution in [3.8, 4) is 0 Å². The van der Waals surface area contributed by atoms with Crippen LogP contribution in [0.4, 0.5) is 0 Å². The molecule has 0 aromatic heterocycles. The topological polar surface area (TPSA) is 56.4 Å². The zero-order chi connectivity index (χ0) is 28.3. The molecule has 12 heteroatoms. The summed E-state index contributed by atoms with van der Waals surface area (Å²) in [6.07, 6.45) is 0. The average Bonchev–Trinajstić information content (AvgIpc) is 2.25. The van der Waals surface area contributed by atoms with Crippen molar-refractivity contribution >= 4 is 57.6 Å². The summed E-state index contributed by atoms with van der Waals surface area (Å²) in [7, 11) is -5.75. The monoisotopic (exact) mass is 820 g/mol. The zero-order valence-electron chi connectivity index (χ0n) is 27.8. The predicted molar refractivity (Wildman–Crippen MR) is 183 cm³/mol. The summed E-state index contributed by atoms with van der Waals surface area (Å²) in [4.78, 5) is 4.16. The summed E-state index contributed by atoms with van der Waals surface area (Å²) in [6.45, 7) is 48.0. The van der Waals surface area contributed by atoms with Crippen molar-refractivity contribution in [3.63, 3.8) is 0 Å². The van der Waals surface area contributed by atoms with Crippen LogP contribution in [0.2, 0.25) is 137 Å². The molecule has 0 bridgehead atoms. The third-order valence-corrected chi connectivity index (χ3v) is 20.1. The molecule has 0 amide bonds. The molecule has 0 saturated carbocycles. The van der Waals surface area contributed by atoms with Crippen LogP contribution in [-0.2, 0) is 0 Å². The Morgan fingerprint density at radius 2 is 0.353 bits per heavy atom. The fourth-order valence-corrected chi connectivity index (χ4v) is 27.2. The smallest absolute Gasteiger partial charge is 0.668 e. The van der Waals surface area contributed by atoms with Gasteiger partial charge < -0.3 is 18.9 Å². The first-order valence-corrected chi connectivity index (χ1v) is 36.6. The van der Waals surface area contributed by atoms with Crippen LogP contribution < -0.4 is 0 Å². The van der Waals surface area contributed by atoms with E-state index in [9.17, 15) is 0 Å². The number of nitrogens with zero attached hydrogens (tertiary/aromatic N) is 4. The summed E-state index contributed by atoms with van der Waals surface area (Å²) >= 11 is 0. The van der Waals surface area contributed by atoms with E-state index in [1.807, 2.05) is 7.05 Å². The molecule has 0 aromatic rings. The Kier molecular flexibility index (Phi) is 24.3. The van der Waals surface area contributed by atoms with Crippen LogP contribution >= 0.6 is 0 Å². The van der Waals surface area contributed by atoms with Crippen molar-refractivity contribution in [3.05, 3.63) is 18.9 Å². The van der Waals surface area contributed by atoms with Gasteiger partial charge in [0.1, 0.15) is 0 Å². The number of hydrogen-bond acceptors (Lipinski definition) is 0. The maximum absolute atomic E-state index is 4.82. The SMILES string of the molecule is C[N-][Si](C)(C)C.C[Si](C)(C)[N-][Si](C)(C)C.C[Si](C)(C)[N-][Si](C)(C)C.C[Si](C)(C)[N-][Si](C)(C)C.[U+4]. The van der Waals surface area contributed by atoms with Gasteiger partial charge in [0.2, 0.25) is 0 Å². The van der Waals surface area contributed by atoms with Gasteiger partial charge in [0.15, 0.2) is 0 Å². The minimum atomic E-state index is -1.11. The molecule has 0 fully saturated rings. The third-order valence-electron chi connectivity index (χ3n) is 2.68. The van der Waals surface area contributed by atoms with E-state index in [0.29, 0.717) is 0 Å². The van der Waals surface area contributed by atoms with Crippen molar-refractivity contribution < 1.29 is 31.1 Å². The molecule has 4 nitrogen and oxygen atoms in total. The van der Waals surface area contributed by atoms with Gasteiger partial charge in [-0.2, -0.15) is 7.05 Å². The van der Waals surface area contributed by atoms with Gasteiger partial charge in [-0.15, -0.1) is 0 Å². The summed E-state index contributed by atoms with van der Waals surface area (Å²) in [5.41, 5.74) is 0. The van der Waals surface area contributed by atoms with Crippen LogP contribution in [0.5, 0.6) is 0 Å². The standard InChI is InChI=1S/3C6H18NSi2.C4H12NSi.U/c3*1-8(2,3)7-9(4,5)6;1-5-6(2,3)4;/h3*1-6H3;1-4H3;/q4*-1;+4. The Balaban J connectivity index is -0.000000110. The molecule has 0 unspecified atom stereocenters. The molecule has 0 aliphatic heterocycles. The van der Waals surface area contributed by atoms with Crippen molar-refractivity contribution in [1.29, 1.82) is 0 Å². The first-order valence-electron chi connectivity index (χ1n) is 12.5. The first kappa shape index (κ1) is 46.3. The Morgan fingerprint density at radius 3 is 0.353 bits per heavy atom. The molecule has 0 aliphatic carbocycles. The van der Waals surface area contributed by atoms with Gasteiger partial charge in [-0.05, 0) is 0 Å². The van der Waals surface area contributed by atoms with Crippen LogP contribution in [0, 0.1) is 31.1 Å². The van der Waals surface area contributed by atoms with E-state index in [1.54, 1.807) is 0 Å². The minimum absolute atomic E-state index is 0. The summed E-state index contributed by atoms with van der Waals surface area (Å²) in [6, 6.07) is 0. The second-order valence-electron chi connectivity index (χ2n) is 15.8. The molecular formula is C22H66N4Si7U. The van der Waals surface area contributed by atoms with E-state index in [0.717, 1.165) is 0 Å². The molecule has 0 N–H and O–H groups in total. The second-order valence-corrected chi connectivity index (χ2v) is 49.3. The normalized spacial score (nSPS) is 13.2. The molecule has 34 heavy (non-hydrogen) atoms. The fourth-order valence-electron chi connectivity index (χ4n) is 3.02. The van der Waals surface area contributed by atoms with E-state index in [4.69, 9.17) is 13.9 Å². The van der Waals surface area contributed by atoms with Gasteiger partial charge in [-0.1, -0.05) is 195 Å². The van der Waals surface area contributed by atoms with Crippen molar-refractivity contribution in [1.82, 2.24) is 0 Å². The van der Waals surface area contributed by atoms with E-state index in [-0.39, 0.29) is 31.1 Å². The first-order chi connectivity index (χ1) is 13.7. The molecule has 0 aliphatic rings. The van der Waals surface area contributed by atoms with Gasteiger partial charge in [0, 0.05) is 0 Å². The molecule has 0 rings (SSSR count). The molecule has 0 heterocycles. The van der Waals surface area contributed by atoms with E-state index >= 15 is 0 Å². The molecule has 0 aromatic carbocycles. The summed E-state index contributed by atoms with van der Waals surface area (Å²) in [5, 5.41) is 0. The molecule has 0 saturated heterocycles. The Bertz CT molecular complexity index is 391. The average molecular weight is 821 g/mol. The maximum atomic E-state index is 4.82. The van der Waals surface area contributed by atoms with Gasteiger partial charge in [-0.25, -0.2) is 0 Å². The summed E-state index contributed by atoms with van der Waals surface area (Å²) < 4.78 is 14.5. The van der Waals surface area contributed by atoms with Crippen LogP contribution in [0.3, 0.4) is 0 Å². The summed E-state index contributed by atoms with van der Waals surface area (Å²) in [5.74, 6) is 0. The van der Waals surface area contributed by atoms with Crippen LogP contribution in [-0.4, -0.2) is 64.7 Å². The molecular weight excluding hydrogens is 755 g/mol. The van der Waals surface area contributed by atoms with Crippen molar-refractivity contribution in [2.45, 2.75) is 137 Å². The van der Waals surface area contributed by atoms with Crippen LogP contribution in [0.25, 0.3) is 18.9 Å².